The van der Waals surface area contributed by atoms with E-state index in [1.165, 1.54) is 0 Å². The minimum atomic E-state index is -0.961. The monoisotopic (exact) mass is 188 g/mol. The van der Waals surface area contributed by atoms with E-state index < -0.39 is 12.0 Å². The number of rotatable bonds is 3. The third kappa shape index (κ3) is 3.30. The van der Waals surface area contributed by atoms with Gasteiger partial charge in [-0.1, -0.05) is 0 Å². The molecule has 0 aromatic rings. The van der Waals surface area contributed by atoms with Gasteiger partial charge in [-0.2, -0.15) is 0 Å². The molecule has 1 aliphatic rings. The van der Waals surface area contributed by atoms with Gasteiger partial charge in [-0.05, 0) is 7.05 Å². The van der Waals surface area contributed by atoms with Crippen molar-refractivity contribution in [2.24, 2.45) is 5.73 Å². The van der Waals surface area contributed by atoms with Crippen molar-refractivity contribution in [2.75, 3.05) is 26.7 Å². The zero-order valence-electron chi connectivity index (χ0n) is 7.77. The number of likely N-dealkylation sites (N-methyl/N-ethyl adjacent to an activating group) is 1. The molecule has 0 aromatic carbocycles. The minimum Gasteiger partial charge on any atom is -0.480 e. The van der Waals surface area contributed by atoms with Gasteiger partial charge in [-0.15, -0.1) is 0 Å². The van der Waals surface area contributed by atoms with Crippen LogP contribution in [0.3, 0.4) is 0 Å². The average Bonchev–Trinajstić information content (AvgIpc) is 2.04. The van der Waals surface area contributed by atoms with Crippen molar-refractivity contribution in [2.45, 2.75) is 18.6 Å². The zero-order chi connectivity index (χ0) is 9.84. The molecule has 76 valence electrons. The lowest BCUT2D eigenvalue weighted by Crippen LogP contribution is -2.44. The molecule has 1 rings (SSSR count). The molecule has 1 heterocycles. The Morgan fingerprint density at radius 2 is 2.54 bits per heavy atom. The van der Waals surface area contributed by atoms with Crippen molar-refractivity contribution in [1.82, 2.24) is 4.90 Å². The van der Waals surface area contributed by atoms with Crippen molar-refractivity contribution >= 4 is 5.97 Å². The molecule has 5 heteroatoms. The Labute approximate surface area is 77.5 Å². The lowest BCUT2D eigenvalue weighted by molar-refractivity contribution is -0.140. The molecule has 0 saturated carbocycles. The molecule has 2 atom stereocenters. The van der Waals surface area contributed by atoms with Crippen LogP contribution in [0.5, 0.6) is 0 Å². The summed E-state index contributed by atoms with van der Waals surface area (Å²) in [5.41, 5.74) is 5.39. The number of hydrogen-bond donors (Lipinski definition) is 2. The first kappa shape index (κ1) is 10.4. The summed E-state index contributed by atoms with van der Waals surface area (Å²) in [4.78, 5) is 12.6. The van der Waals surface area contributed by atoms with E-state index in [1.54, 1.807) is 0 Å². The third-order valence-electron chi connectivity index (χ3n) is 2.18. The van der Waals surface area contributed by atoms with Crippen LogP contribution in [0.2, 0.25) is 0 Å². The van der Waals surface area contributed by atoms with E-state index in [-0.39, 0.29) is 6.10 Å². The number of carboxylic acid groups (broad SMARTS) is 1. The predicted molar refractivity (Wildman–Crippen MR) is 47.5 cm³/mol. The normalized spacial score (nSPS) is 27.1. The topological polar surface area (TPSA) is 75.8 Å². The molecule has 0 bridgehead atoms. The van der Waals surface area contributed by atoms with Gasteiger partial charge in [0.1, 0.15) is 6.04 Å². The Bertz CT molecular complexity index is 186. The van der Waals surface area contributed by atoms with Gasteiger partial charge in [-0.25, -0.2) is 0 Å². The molecule has 0 aromatic heterocycles. The third-order valence-corrected chi connectivity index (χ3v) is 2.18. The van der Waals surface area contributed by atoms with Gasteiger partial charge in [0.25, 0.3) is 0 Å². The highest BCUT2D eigenvalue weighted by Gasteiger charge is 2.23. The van der Waals surface area contributed by atoms with Gasteiger partial charge in [0.15, 0.2) is 0 Å². The number of carbonyl (C=O) groups is 1. The first-order valence-corrected chi connectivity index (χ1v) is 4.38. The standard InChI is InChI=1S/C8H16N2O3/c1-10-2-3-13-6(5-10)4-7(9)8(11)12/h6-7H,2-5,9H2,1H3,(H,11,12)/t6?,7-/m1/s1. The highest BCUT2D eigenvalue weighted by molar-refractivity contribution is 5.73. The van der Waals surface area contributed by atoms with Crippen LogP contribution in [0.15, 0.2) is 0 Å². The van der Waals surface area contributed by atoms with Crippen LogP contribution in [0.1, 0.15) is 6.42 Å². The number of nitrogens with two attached hydrogens (primary N) is 1. The maximum Gasteiger partial charge on any atom is 0.320 e. The number of hydrogen-bond acceptors (Lipinski definition) is 4. The van der Waals surface area contributed by atoms with Gasteiger partial charge in [0.2, 0.25) is 0 Å². The lowest BCUT2D eigenvalue weighted by atomic mass is 10.1. The largest absolute Gasteiger partial charge is 0.480 e. The van der Waals surface area contributed by atoms with Crippen molar-refractivity contribution in [3.05, 3.63) is 0 Å². The van der Waals surface area contributed by atoms with E-state index in [9.17, 15) is 4.79 Å². The average molecular weight is 188 g/mol. The van der Waals surface area contributed by atoms with Gasteiger partial charge >= 0.3 is 5.97 Å². The van der Waals surface area contributed by atoms with Crippen LogP contribution in [-0.4, -0.2) is 54.9 Å². The molecule has 13 heavy (non-hydrogen) atoms. The molecule has 0 radical (unpaired) electrons. The maximum absolute atomic E-state index is 10.5. The van der Waals surface area contributed by atoms with E-state index in [2.05, 4.69) is 4.90 Å². The van der Waals surface area contributed by atoms with E-state index in [0.29, 0.717) is 13.0 Å². The fourth-order valence-electron chi connectivity index (χ4n) is 1.39. The van der Waals surface area contributed by atoms with Crippen molar-refractivity contribution in [1.29, 1.82) is 0 Å². The van der Waals surface area contributed by atoms with Crippen LogP contribution in [-0.2, 0) is 9.53 Å². The summed E-state index contributed by atoms with van der Waals surface area (Å²) >= 11 is 0. The van der Waals surface area contributed by atoms with Crippen LogP contribution >= 0.6 is 0 Å². The van der Waals surface area contributed by atoms with E-state index in [4.69, 9.17) is 15.6 Å². The van der Waals surface area contributed by atoms with E-state index >= 15 is 0 Å². The second-order valence-electron chi connectivity index (χ2n) is 3.44. The Hall–Kier alpha value is -0.650. The number of aliphatic carboxylic acids is 1. The summed E-state index contributed by atoms with van der Waals surface area (Å²) in [6, 6.07) is -0.809. The molecule has 3 N–H and O–H groups in total. The molecule has 0 aliphatic carbocycles. The number of ether oxygens (including phenoxy) is 1. The molecular formula is C8H16N2O3. The summed E-state index contributed by atoms with van der Waals surface area (Å²) < 4.78 is 5.38. The van der Waals surface area contributed by atoms with Crippen molar-refractivity contribution in [3.63, 3.8) is 0 Å². The smallest absolute Gasteiger partial charge is 0.320 e. The van der Waals surface area contributed by atoms with E-state index in [1.807, 2.05) is 7.05 Å². The zero-order valence-corrected chi connectivity index (χ0v) is 7.77. The van der Waals surface area contributed by atoms with Crippen LogP contribution < -0.4 is 5.73 Å². The van der Waals surface area contributed by atoms with E-state index in [0.717, 1.165) is 13.1 Å². The summed E-state index contributed by atoms with van der Waals surface area (Å²) in [7, 11) is 1.99. The number of nitrogens with zero attached hydrogens (tertiary/aromatic N) is 1. The molecule has 0 spiro atoms. The molecule has 1 aliphatic heterocycles. The Morgan fingerprint density at radius 1 is 1.85 bits per heavy atom. The number of morpholine rings is 1. The Kier molecular flexibility index (Phi) is 3.65. The van der Waals surface area contributed by atoms with Crippen LogP contribution in [0.25, 0.3) is 0 Å². The van der Waals surface area contributed by atoms with Gasteiger partial charge in [0, 0.05) is 19.5 Å². The first-order chi connectivity index (χ1) is 6.09. The Morgan fingerprint density at radius 3 is 3.08 bits per heavy atom. The van der Waals surface area contributed by atoms with Gasteiger partial charge < -0.3 is 20.5 Å². The van der Waals surface area contributed by atoms with Crippen LogP contribution in [0, 0.1) is 0 Å². The molecule has 0 amide bonds. The quantitative estimate of drug-likeness (QED) is 0.601. The maximum atomic E-state index is 10.5. The molecule has 1 saturated heterocycles. The lowest BCUT2D eigenvalue weighted by Gasteiger charge is -2.30. The molecular weight excluding hydrogens is 172 g/mol. The first-order valence-electron chi connectivity index (χ1n) is 4.38. The van der Waals surface area contributed by atoms with Crippen molar-refractivity contribution in [3.8, 4) is 0 Å². The van der Waals surface area contributed by atoms with Gasteiger partial charge in [0.05, 0.1) is 12.7 Å². The summed E-state index contributed by atoms with van der Waals surface area (Å²) in [6.45, 7) is 2.33. The van der Waals surface area contributed by atoms with Crippen LogP contribution in [0.4, 0.5) is 0 Å². The molecule has 1 fully saturated rings. The number of carboxylic acids is 1. The summed E-state index contributed by atoms with van der Waals surface area (Å²) in [6.07, 6.45) is 0.351. The van der Waals surface area contributed by atoms with Crippen molar-refractivity contribution < 1.29 is 14.6 Å². The predicted octanol–water partition coefficient (Wildman–Crippen LogP) is -0.881. The summed E-state index contributed by atoms with van der Waals surface area (Å²) in [5, 5.41) is 8.58. The fraction of sp³-hybridized carbons (Fsp3) is 0.875. The fourth-order valence-corrected chi connectivity index (χ4v) is 1.39. The minimum absolute atomic E-state index is 0.0372. The SMILES string of the molecule is CN1CCOC(C[C@@H](N)C(=O)O)C1. The highest BCUT2D eigenvalue weighted by atomic mass is 16.5. The Balaban J connectivity index is 2.31. The highest BCUT2D eigenvalue weighted by Crippen LogP contribution is 2.08. The molecule has 1 unspecified atom stereocenters. The van der Waals surface area contributed by atoms with Gasteiger partial charge in [-0.3, -0.25) is 4.79 Å². The second-order valence-corrected chi connectivity index (χ2v) is 3.44. The molecule has 5 nitrogen and oxygen atoms in total. The summed E-state index contributed by atoms with van der Waals surface area (Å²) in [5.74, 6) is -0.961. The second kappa shape index (κ2) is 4.55.